The van der Waals surface area contributed by atoms with E-state index in [0.29, 0.717) is 25.9 Å². The fourth-order valence-corrected chi connectivity index (χ4v) is 3.91. The highest BCUT2D eigenvalue weighted by Gasteiger charge is 2.29. The molecule has 6 heteroatoms. The number of hydrogen-bond donors (Lipinski definition) is 1. The first-order valence-corrected chi connectivity index (χ1v) is 10.1. The van der Waals surface area contributed by atoms with Crippen LogP contribution in [0.5, 0.6) is 0 Å². The third-order valence-corrected chi connectivity index (χ3v) is 5.69. The molecule has 1 aliphatic rings. The van der Waals surface area contributed by atoms with E-state index in [0.717, 1.165) is 18.4 Å². The zero-order chi connectivity index (χ0) is 16.9. The highest BCUT2D eigenvalue weighted by Crippen LogP contribution is 2.23. The molecule has 2 rings (SSSR count). The maximum Gasteiger partial charge on any atom is 0.223 e. The van der Waals surface area contributed by atoms with Gasteiger partial charge in [-0.25, -0.2) is 12.7 Å². The molecule has 1 atom stereocenters. The van der Waals surface area contributed by atoms with Gasteiger partial charge in [0, 0.05) is 19.0 Å². The number of piperidine rings is 1. The molecule has 1 amide bonds. The van der Waals surface area contributed by atoms with Gasteiger partial charge in [0.25, 0.3) is 0 Å². The number of rotatable bonds is 6. The molecule has 0 aromatic heterocycles. The van der Waals surface area contributed by atoms with Crippen molar-refractivity contribution < 1.29 is 13.2 Å². The number of sulfonamides is 1. The summed E-state index contributed by atoms with van der Waals surface area (Å²) in [6, 6.07) is 10.0. The number of carbonyl (C=O) groups is 1. The van der Waals surface area contributed by atoms with Crippen LogP contribution in [0.1, 0.15) is 44.2 Å². The van der Waals surface area contributed by atoms with Crippen molar-refractivity contribution in [1.82, 2.24) is 9.62 Å². The Bertz CT molecular complexity index is 608. The van der Waals surface area contributed by atoms with Crippen LogP contribution in [0.4, 0.5) is 0 Å². The van der Waals surface area contributed by atoms with Crippen LogP contribution in [0.25, 0.3) is 0 Å². The largest absolute Gasteiger partial charge is 0.349 e. The molecule has 0 aliphatic carbocycles. The Hall–Kier alpha value is -1.40. The summed E-state index contributed by atoms with van der Waals surface area (Å²) in [6.07, 6.45) is 4.30. The van der Waals surface area contributed by atoms with Crippen LogP contribution >= 0.6 is 0 Å². The number of benzene rings is 1. The molecule has 1 aromatic carbocycles. The fraction of sp³-hybridized carbons (Fsp3) is 0.588. The van der Waals surface area contributed by atoms with Gasteiger partial charge in [-0.15, -0.1) is 0 Å². The van der Waals surface area contributed by atoms with E-state index in [2.05, 4.69) is 12.2 Å². The van der Waals surface area contributed by atoms with Crippen molar-refractivity contribution in [1.29, 1.82) is 0 Å². The van der Waals surface area contributed by atoms with E-state index < -0.39 is 10.0 Å². The number of amides is 1. The summed E-state index contributed by atoms with van der Waals surface area (Å²) < 4.78 is 24.5. The van der Waals surface area contributed by atoms with Crippen LogP contribution in [0.15, 0.2) is 30.3 Å². The van der Waals surface area contributed by atoms with Gasteiger partial charge in [-0.2, -0.15) is 0 Å². The molecule has 1 aliphatic heterocycles. The second-order valence-electron chi connectivity index (χ2n) is 6.20. The lowest BCUT2D eigenvalue weighted by molar-refractivity contribution is -0.127. The first kappa shape index (κ1) is 17.9. The Morgan fingerprint density at radius 2 is 1.87 bits per heavy atom. The van der Waals surface area contributed by atoms with Gasteiger partial charge < -0.3 is 5.32 Å². The molecule has 0 radical (unpaired) electrons. The minimum atomic E-state index is -3.15. The molecule has 1 heterocycles. The topological polar surface area (TPSA) is 66.5 Å². The van der Waals surface area contributed by atoms with Gasteiger partial charge >= 0.3 is 0 Å². The van der Waals surface area contributed by atoms with Crippen LogP contribution in [0.2, 0.25) is 0 Å². The standard InChI is InChI=1S/C17H26N2O3S/c1-3-7-16(14-8-5-4-6-9-14)18-17(20)15-10-12-19(13-11-15)23(2,21)22/h4-6,8-9,15-16H,3,7,10-13H2,1-2H3,(H,18,20). The summed E-state index contributed by atoms with van der Waals surface area (Å²) in [7, 11) is -3.15. The van der Waals surface area contributed by atoms with Crippen LogP contribution in [0.3, 0.4) is 0 Å². The van der Waals surface area contributed by atoms with Gasteiger partial charge in [-0.1, -0.05) is 43.7 Å². The second-order valence-corrected chi connectivity index (χ2v) is 8.18. The summed E-state index contributed by atoms with van der Waals surface area (Å²) >= 11 is 0. The molecular weight excluding hydrogens is 312 g/mol. The smallest absolute Gasteiger partial charge is 0.223 e. The van der Waals surface area contributed by atoms with Crippen molar-refractivity contribution in [3.8, 4) is 0 Å². The van der Waals surface area contributed by atoms with Crippen molar-refractivity contribution in [2.75, 3.05) is 19.3 Å². The molecule has 0 saturated carbocycles. The highest BCUT2D eigenvalue weighted by atomic mass is 32.2. The Morgan fingerprint density at radius 1 is 1.26 bits per heavy atom. The number of hydrogen-bond acceptors (Lipinski definition) is 3. The number of carbonyl (C=O) groups excluding carboxylic acids is 1. The number of nitrogens with zero attached hydrogens (tertiary/aromatic N) is 1. The number of nitrogens with one attached hydrogen (secondary N) is 1. The molecule has 23 heavy (non-hydrogen) atoms. The fourth-order valence-electron chi connectivity index (χ4n) is 3.04. The summed E-state index contributed by atoms with van der Waals surface area (Å²) in [5, 5.41) is 3.15. The van der Waals surface area contributed by atoms with E-state index in [1.54, 1.807) is 0 Å². The third kappa shape index (κ3) is 5.04. The Labute approximate surface area is 139 Å². The zero-order valence-electron chi connectivity index (χ0n) is 13.9. The van der Waals surface area contributed by atoms with Crippen molar-refractivity contribution in [3.05, 3.63) is 35.9 Å². The van der Waals surface area contributed by atoms with Gasteiger partial charge in [0.1, 0.15) is 0 Å². The summed E-state index contributed by atoms with van der Waals surface area (Å²) in [5.74, 6) is -0.0588. The van der Waals surface area contributed by atoms with Crippen molar-refractivity contribution >= 4 is 15.9 Å². The maximum atomic E-state index is 12.5. The molecule has 0 bridgehead atoms. The molecule has 0 spiro atoms. The predicted molar refractivity (Wildman–Crippen MR) is 91.4 cm³/mol. The Morgan fingerprint density at radius 3 is 2.39 bits per heavy atom. The first-order chi connectivity index (χ1) is 10.9. The first-order valence-electron chi connectivity index (χ1n) is 8.22. The van der Waals surface area contributed by atoms with Crippen molar-refractivity contribution in [2.24, 2.45) is 5.92 Å². The van der Waals surface area contributed by atoms with Gasteiger partial charge in [0.15, 0.2) is 0 Å². The van der Waals surface area contributed by atoms with E-state index in [-0.39, 0.29) is 17.9 Å². The lowest BCUT2D eigenvalue weighted by atomic mass is 9.95. The second kappa shape index (κ2) is 7.93. The maximum absolute atomic E-state index is 12.5. The van der Waals surface area contributed by atoms with Gasteiger partial charge in [0.2, 0.25) is 15.9 Å². The average molecular weight is 338 g/mol. The predicted octanol–water partition coefficient (Wildman–Crippen LogP) is 2.32. The SMILES string of the molecule is CCCC(NC(=O)C1CCN(S(C)(=O)=O)CC1)c1ccccc1. The Kier molecular flexibility index (Phi) is 6.18. The molecule has 1 fully saturated rings. The van der Waals surface area contributed by atoms with E-state index in [1.807, 2.05) is 30.3 Å². The summed E-state index contributed by atoms with van der Waals surface area (Å²) in [6.45, 7) is 2.97. The van der Waals surface area contributed by atoms with E-state index in [9.17, 15) is 13.2 Å². The molecule has 1 aromatic rings. The van der Waals surface area contributed by atoms with Gasteiger partial charge in [0.05, 0.1) is 12.3 Å². The zero-order valence-corrected chi connectivity index (χ0v) is 14.7. The third-order valence-electron chi connectivity index (χ3n) is 4.39. The monoisotopic (exact) mass is 338 g/mol. The van der Waals surface area contributed by atoms with E-state index >= 15 is 0 Å². The minimum Gasteiger partial charge on any atom is -0.349 e. The highest BCUT2D eigenvalue weighted by molar-refractivity contribution is 7.88. The molecule has 5 nitrogen and oxygen atoms in total. The lowest BCUT2D eigenvalue weighted by Gasteiger charge is -2.30. The molecule has 1 unspecified atom stereocenters. The average Bonchev–Trinajstić information content (AvgIpc) is 2.54. The van der Waals surface area contributed by atoms with Crippen LogP contribution in [-0.4, -0.2) is 38.0 Å². The minimum absolute atomic E-state index is 0.0293. The normalized spacial score (nSPS) is 18.5. The van der Waals surface area contributed by atoms with E-state index in [1.165, 1.54) is 10.6 Å². The van der Waals surface area contributed by atoms with Crippen molar-refractivity contribution in [2.45, 2.75) is 38.6 Å². The van der Waals surface area contributed by atoms with E-state index in [4.69, 9.17) is 0 Å². The van der Waals surface area contributed by atoms with Crippen LogP contribution < -0.4 is 5.32 Å². The molecule has 128 valence electrons. The molecule has 1 N–H and O–H groups in total. The van der Waals surface area contributed by atoms with Gasteiger partial charge in [-0.05, 0) is 24.8 Å². The van der Waals surface area contributed by atoms with Gasteiger partial charge in [-0.3, -0.25) is 4.79 Å². The molecule has 1 saturated heterocycles. The molecular formula is C17H26N2O3S. The van der Waals surface area contributed by atoms with Crippen LogP contribution in [0, 0.1) is 5.92 Å². The summed E-state index contributed by atoms with van der Waals surface area (Å²) in [5.41, 5.74) is 1.12. The van der Waals surface area contributed by atoms with Crippen LogP contribution in [-0.2, 0) is 14.8 Å². The van der Waals surface area contributed by atoms with Crippen molar-refractivity contribution in [3.63, 3.8) is 0 Å². The Balaban J connectivity index is 1.95. The lowest BCUT2D eigenvalue weighted by Crippen LogP contribution is -2.43. The summed E-state index contributed by atoms with van der Waals surface area (Å²) in [4.78, 5) is 12.5. The quantitative estimate of drug-likeness (QED) is 0.865.